The minimum Gasteiger partial charge on any atom is -0.304 e. The van der Waals surface area contributed by atoms with E-state index < -0.39 is 5.82 Å². The zero-order chi connectivity index (χ0) is 15.3. The molecule has 3 nitrogen and oxygen atoms in total. The maximum Gasteiger partial charge on any atom is 0.214 e. The summed E-state index contributed by atoms with van der Waals surface area (Å²) in [5.41, 5.74) is 2.52. The van der Waals surface area contributed by atoms with Crippen LogP contribution < -0.4 is 4.90 Å². The highest BCUT2D eigenvalue weighted by Crippen LogP contribution is 2.54. The van der Waals surface area contributed by atoms with E-state index in [9.17, 15) is 14.0 Å². The van der Waals surface area contributed by atoms with Crippen molar-refractivity contribution in [3.05, 3.63) is 65.0 Å². The molecule has 0 N–H and O–H groups in total. The molecule has 22 heavy (non-hydrogen) atoms. The van der Waals surface area contributed by atoms with Gasteiger partial charge >= 0.3 is 0 Å². The van der Waals surface area contributed by atoms with E-state index in [0.29, 0.717) is 30.4 Å². The molecule has 0 spiro atoms. The van der Waals surface area contributed by atoms with Gasteiger partial charge in [0.05, 0.1) is 11.7 Å². The van der Waals surface area contributed by atoms with Crippen LogP contribution in [0, 0.1) is 5.82 Å². The predicted molar refractivity (Wildman–Crippen MR) is 80.4 cm³/mol. The summed E-state index contributed by atoms with van der Waals surface area (Å²) in [5, 5.41) is 0. The Labute approximate surface area is 127 Å². The molecule has 1 amide bonds. The van der Waals surface area contributed by atoms with Crippen molar-refractivity contribution in [2.45, 2.75) is 24.8 Å². The van der Waals surface area contributed by atoms with E-state index in [2.05, 4.69) is 0 Å². The van der Waals surface area contributed by atoms with Gasteiger partial charge in [0.1, 0.15) is 5.82 Å². The van der Waals surface area contributed by atoms with Crippen molar-refractivity contribution >= 4 is 17.9 Å². The monoisotopic (exact) mass is 295 g/mol. The van der Waals surface area contributed by atoms with Gasteiger partial charge in [0.15, 0.2) is 5.78 Å². The second-order valence-electron chi connectivity index (χ2n) is 5.79. The lowest BCUT2D eigenvalue weighted by Gasteiger charge is -2.27. The number of carbonyl (C=O) groups excluding carboxylic acids is 2. The molecule has 1 heterocycles. The van der Waals surface area contributed by atoms with Gasteiger partial charge in [-0.1, -0.05) is 30.3 Å². The van der Waals surface area contributed by atoms with E-state index >= 15 is 0 Å². The summed E-state index contributed by atoms with van der Waals surface area (Å²) < 4.78 is 14.3. The summed E-state index contributed by atoms with van der Waals surface area (Å²) in [5.74, 6) is -0.429. The molecule has 0 radical (unpaired) electrons. The molecule has 0 aromatic heterocycles. The minimum atomic E-state index is -0.441. The largest absolute Gasteiger partial charge is 0.304 e. The first kappa shape index (κ1) is 13.2. The van der Waals surface area contributed by atoms with Crippen LogP contribution in [0.5, 0.6) is 0 Å². The molecule has 1 aliphatic carbocycles. The Kier molecular flexibility index (Phi) is 2.86. The summed E-state index contributed by atoms with van der Waals surface area (Å²) in [4.78, 5) is 25.2. The quantitative estimate of drug-likeness (QED) is 0.794. The number of anilines is 1. The van der Waals surface area contributed by atoms with Crippen LogP contribution in [0.2, 0.25) is 0 Å². The molecular formula is C18H14FNO2. The first-order chi connectivity index (χ1) is 10.7. The van der Waals surface area contributed by atoms with Gasteiger partial charge in [0, 0.05) is 17.9 Å². The topological polar surface area (TPSA) is 37.4 Å². The fraction of sp³-hybridized carbons (Fsp3) is 0.222. The van der Waals surface area contributed by atoms with E-state index in [0.717, 1.165) is 5.56 Å². The average Bonchev–Trinajstić information content (AvgIpc) is 2.89. The fourth-order valence-corrected chi connectivity index (χ4v) is 3.84. The third-order valence-electron chi connectivity index (χ3n) is 4.72. The molecule has 0 bridgehead atoms. The van der Waals surface area contributed by atoms with Crippen molar-refractivity contribution in [1.82, 2.24) is 0 Å². The highest BCUT2D eigenvalue weighted by atomic mass is 19.1. The van der Waals surface area contributed by atoms with E-state index in [1.54, 1.807) is 6.07 Å². The molecule has 2 aromatic carbocycles. The number of rotatable bonds is 2. The SMILES string of the molecule is O=CN1c2c(F)ccc3c2C(CCC3=O)C1c1ccccc1. The van der Waals surface area contributed by atoms with Crippen LogP contribution in [-0.2, 0) is 4.79 Å². The number of halogens is 1. The number of benzene rings is 2. The zero-order valence-corrected chi connectivity index (χ0v) is 11.8. The number of hydrogen-bond donors (Lipinski definition) is 0. The van der Waals surface area contributed by atoms with Crippen LogP contribution in [0.25, 0.3) is 0 Å². The molecule has 4 heteroatoms. The summed E-state index contributed by atoms with van der Waals surface area (Å²) in [6.07, 6.45) is 1.77. The first-order valence-corrected chi connectivity index (χ1v) is 7.36. The van der Waals surface area contributed by atoms with Gasteiger partial charge in [0.2, 0.25) is 6.41 Å². The number of Topliss-reactive ketones (excluding diaryl/α,β-unsaturated/α-hetero) is 1. The Hall–Kier alpha value is -2.49. The maximum absolute atomic E-state index is 14.3. The van der Waals surface area contributed by atoms with Crippen LogP contribution in [0.15, 0.2) is 42.5 Å². The van der Waals surface area contributed by atoms with Gasteiger partial charge in [-0.15, -0.1) is 0 Å². The summed E-state index contributed by atoms with van der Waals surface area (Å²) in [7, 11) is 0. The van der Waals surface area contributed by atoms with E-state index in [4.69, 9.17) is 0 Å². The first-order valence-electron chi connectivity index (χ1n) is 7.36. The van der Waals surface area contributed by atoms with Crippen LogP contribution in [0.1, 0.15) is 46.3 Å². The Morgan fingerprint density at radius 1 is 1.14 bits per heavy atom. The van der Waals surface area contributed by atoms with Crippen molar-refractivity contribution in [2.75, 3.05) is 4.90 Å². The Morgan fingerprint density at radius 3 is 2.64 bits per heavy atom. The molecule has 1 aliphatic heterocycles. The Morgan fingerprint density at radius 2 is 1.91 bits per heavy atom. The van der Waals surface area contributed by atoms with Gasteiger partial charge < -0.3 is 4.90 Å². The van der Waals surface area contributed by atoms with Crippen LogP contribution in [-0.4, -0.2) is 12.2 Å². The van der Waals surface area contributed by atoms with Crippen LogP contribution in [0.3, 0.4) is 0 Å². The lowest BCUT2D eigenvalue weighted by atomic mass is 9.78. The highest BCUT2D eigenvalue weighted by molar-refractivity contribution is 6.02. The standard InChI is InChI=1S/C18H14FNO2/c19-14-8-6-12-15(22)9-7-13-16(12)18(14)20(10-21)17(13)11-4-2-1-3-5-11/h1-6,8,10,13,17H,7,9H2. The maximum atomic E-state index is 14.3. The van der Waals surface area contributed by atoms with Gasteiger partial charge in [-0.3, -0.25) is 9.59 Å². The number of nitrogens with zero attached hydrogens (tertiary/aromatic N) is 1. The number of hydrogen-bond acceptors (Lipinski definition) is 2. The minimum absolute atomic E-state index is 0.0222. The second kappa shape index (κ2) is 4.77. The normalized spacial score (nSPS) is 22.6. The second-order valence-corrected chi connectivity index (χ2v) is 5.79. The number of carbonyl (C=O) groups is 2. The van der Waals surface area contributed by atoms with Crippen molar-refractivity contribution in [3.8, 4) is 0 Å². The molecule has 4 rings (SSSR count). The third kappa shape index (κ3) is 1.67. The Bertz CT molecular complexity index is 772. The van der Waals surface area contributed by atoms with Gasteiger partial charge in [-0.05, 0) is 29.7 Å². The van der Waals surface area contributed by atoms with Gasteiger partial charge in [-0.2, -0.15) is 0 Å². The lowest BCUT2D eigenvalue weighted by molar-refractivity contribution is -0.107. The van der Waals surface area contributed by atoms with E-state index in [1.165, 1.54) is 11.0 Å². The fourth-order valence-electron chi connectivity index (χ4n) is 3.84. The summed E-state index contributed by atoms with van der Waals surface area (Å²) >= 11 is 0. The molecule has 110 valence electrons. The van der Waals surface area contributed by atoms with E-state index in [-0.39, 0.29) is 23.4 Å². The number of amides is 1. The van der Waals surface area contributed by atoms with E-state index in [1.807, 2.05) is 30.3 Å². The Balaban J connectivity index is 1.97. The van der Waals surface area contributed by atoms with Crippen molar-refractivity contribution in [1.29, 1.82) is 0 Å². The molecule has 2 unspecified atom stereocenters. The van der Waals surface area contributed by atoms with Crippen molar-refractivity contribution in [2.24, 2.45) is 0 Å². The molecule has 2 aromatic rings. The third-order valence-corrected chi connectivity index (χ3v) is 4.72. The van der Waals surface area contributed by atoms with Gasteiger partial charge in [-0.25, -0.2) is 4.39 Å². The highest BCUT2D eigenvalue weighted by Gasteiger charge is 2.45. The molecule has 2 atom stereocenters. The molecular weight excluding hydrogens is 281 g/mol. The molecule has 0 fully saturated rings. The summed E-state index contributed by atoms with van der Waals surface area (Å²) in [6.45, 7) is 0. The van der Waals surface area contributed by atoms with Gasteiger partial charge in [0.25, 0.3) is 0 Å². The van der Waals surface area contributed by atoms with Crippen LogP contribution in [0.4, 0.5) is 10.1 Å². The predicted octanol–water partition coefficient (Wildman–Crippen LogP) is 3.60. The van der Waals surface area contributed by atoms with Crippen LogP contribution >= 0.6 is 0 Å². The summed E-state index contributed by atoms with van der Waals surface area (Å²) in [6, 6.07) is 12.2. The lowest BCUT2D eigenvalue weighted by Crippen LogP contribution is -2.26. The smallest absolute Gasteiger partial charge is 0.214 e. The molecule has 2 aliphatic rings. The zero-order valence-electron chi connectivity index (χ0n) is 11.8. The number of ketones is 1. The molecule has 0 saturated heterocycles. The average molecular weight is 295 g/mol. The molecule has 0 saturated carbocycles. The van der Waals surface area contributed by atoms with Crippen molar-refractivity contribution in [3.63, 3.8) is 0 Å². The van der Waals surface area contributed by atoms with Crippen molar-refractivity contribution < 1.29 is 14.0 Å².